The molecule has 4 heavy (non-hydrogen) atoms. The molecule has 4 heteroatoms. The third kappa shape index (κ3) is 9.05. The Hall–Kier alpha value is 1.94. The molecule has 0 rings (SSSR count). The molecule has 0 aromatic rings. The van der Waals surface area contributed by atoms with Crippen LogP contribution in [-0.4, -0.2) is 11.0 Å². The molecule has 0 fully saturated rings. The van der Waals surface area contributed by atoms with Crippen molar-refractivity contribution in [1.29, 1.82) is 0 Å². The van der Waals surface area contributed by atoms with Crippen molar-refractivity contribution in [3.05, 3.63) is 0 Å². The average Bonchev–Trinajstić information content (AvgIpc) is 0. The second-order valence-electron chi connectivity index (χ2n) is 0. The second-order valence-corrected chi connectivity index (χ2v) is 0. The molecule has 0 heterocycles. The van der Waals surface area contributed by atoms with Gasteiger partial charge in [0.2, 0.25) is 0 Å². The molecule has 0 aliphatic rings. The summed E-state index contributed by atoms with van der Waals surface area (Å²) in [5.41, 5.74) is 0. The molecule has 0 aliphatic heterocycles. The van der Waals surface area contributed by atoms with Gasteiger partial charge in [0.25, 0.3) is 0 Å². The summed E-state index contributed by atoms with van der Waals surface area (Å²) in [6.45, 7) is 0. The molecule has 0 amide bonds. The Bertz CT molecular complexity index is 8.00. The van der Waals surface area contributed by atoms with Gasteiger partial charge in [0.15, 0.2) is 0 Å². The number of hydrogen-bond acceptors (Lipinski definition) is 0. The fourth-order valence-corrected chi connectivity index (χ4v) is 0. The van der Waals surface area contributed by atoms with Crippen LogP contribution in [0.15, 0.2) is 0 Å². The maximum absolute atomic E-state index is 0. The van der Waals surface area contributed by atoms with Crippen LogP contribution < -0.4 is 0 Å². The summed E-state index contributed by atoms with van der Waals surface area (Å²) in [5.74, 6) is 0. The fraction of sp³-hybridized carbons (Fsp3) is 0. The third-order valence-corrected chi connectivity index (χ3v) is 0. The van der Waals surface area contributed by atoms with E-state index in [0.717, 1.165) is 0 Å². The van der Waals surface area contributed by atoms with Crippen LogP contribution in [0, 0.1) is 0 Å². The van der Waals surface area contributed by atoms with Crippen LogP contribution in [0.1, 0.15) is 0 Å². The van der Waals surface area contributed by atoms with Gasteiger partial charge in [-0.1, -0.05) is 0 Å². The van der Waals surface area contributed by atoms with Crippen LogP contribution in [0.25, 0.3) is 0 Å². The average molecular weight is 243 g/mol. The Labute approximate surface area is 65.7 Å². The first kappa shape index (κ1) is 38.4. The molecule has 0 atom stereocenters. The summed E-state index contributed by atoms with van der Waals surface area (Å²) in [4.78, 5) is 0. The summed E-state index contributed by atoms with van der Waals surface area (Å²) in [7, 11) is 0. The maximum Gasteiger partial charge on any atom is 0 e. The monoisotopic (exact) mass is 244 g/mol. The first-order chi connectivity index (χ1) is 0. The summed E-state index contributed by atoms with van der Waals surface area (Å²) in [5, 5.41) is 0. The van der Waals surface area contributed by atoms with Crippen molar-refractivity contribution < 1.29 is 55.2 Å². The van der Waals surface area contributed by atoms with Gasteiger partial charge in [-0.25, -0.2) is 0 Å². The van der Waals surface area contributed by atoms with E-state index in [-0.39, 0.29) is 66.2 Å². The van der Waals surface area contributed by atoms with E-state index in [1.54, 1.807) is 0 Å². The van der Waals surface area contributed by atoms with Crippen molar-refractivity contribution in [2.45, 2.75) is 0 Å². The zero-order chi connectivity index (χ0) is 0. The summed E-state index contributed by atoms with van der Waals surface area (Å²) < 4.78 is 0. The zero-order valence-corrected chi connectivity index (χ0v) is 6.72. The smallest absolute Gasteiger partial charge is 0 e. The SMILES string of the molecule is [Cu].[Mn].[Mo].[Si]. The Kier molecular flexibility index (Phi) is 196. The Balaban J connectivity index is 0. The Morgan fingerprint density at radius 2 is 1.00 bits per heavy atom. The molecule has 0 aromatic carbocycles. The summed E-state index contributed by atoms with van der Waals surface area (Å²) in [6, 6.07) is 0. The van der Waals surface area contributed by atoms with E-state index in [2.05, 4.69) is 0 Å². The summed E-state index contributed by atoms with van der Waals surface area (Å²) >= 11 is 0. The van der Waals surface area contributed by atoms with Crippen molar-refractivity contribution in [3.63, 3.8) is 0 Å². The van der Waals surface area contributed by atoms with E-state index in [1.807, 2.05) is 0 Å². The molecule has 28 valence electrons. The minimum Gasteiger partial charge on any atom is 0 e. The first-order valence-electron chi connectivity index (χ1n) is 0. The van der Waals surface area contributed by atoms with Gasteiger partial charge in [-0.2, -0.15) is 0 Å². The van der Waals surface area contributed by atoms with E-state index in [9.17, 15) is 0 Å². The fourth-order valence-electron chi connectivity index (χ4n) is 0. The van der Waals surface area contributed by atoms with Gasteiger partial charge in [-0.05, 0) is 0 Å². The number of hydrogen-bond donors (Lipinski definition) is 0. The summed E-state index contributed by atoms with van der Waals surface area (Å²) in [6.07, 6.45) is 0. The Morgan fingerprint density at radius 3 is 1.00 bits per heavy atom. The molecule has 0 spiro atoms. The van der Waals surface area contributed by atoms with Gasteiger partial charge in [0, 0.05) is 66.2 Å². The van der Waals surface area contributed by atoms with E-state index in [4.69, 9.17) is 0 Å². The molecule has 0 unspecified atom stereocenters. The zero-order valence-electron chi connectivity index (χ0n) is 1.59. The molecular weight excluding hydrogens is 243 g/mol. The van der Waals surface area contributed by atoms with Crippen LogP contribution in [0.5, 0.6) is 0 Å². The van der Waals surface area contributed by atoms with E-state index in [1.165, 1.54) is 0 Å². The van der Waals surface area contributed by atoms with Crippen LogP contribution in [0.4, 0.5) is 0 Å². The molecule has 0 aliphatic carbocycles. The van der Waals surface area contributed by atoms with Gasteiger partial charge >= 0.3 is 0 Å². The molecule has 0 saturated heterocycles. The van der Waals surface area contributed by atoms with Crippen LogP contribution in [0.3, 0.4) is 0 Å². The molecule has 0 nitrogen and oxygen atoms in total. The van der Waals surface area contributed by atoms with Crippen molar-refractivity contribution >= 4 is 11.0 Å². The normalized spacial score (nSPS) is 0. The van der Waals surface area contributed by atoms with Crippen LogP contribution >= 0.6 is 0 Å². The Morgan fingerprint density at radius 1 is 1.00 bits per heavy atom. The van der Waals surface area contributed by atoms with Crippen molar-refractivity contribution in [2.75, 3.05) is 0 Å². The quantitative estimate of drug-likeness (QED) is 0.508. The molecule has 0 bridgehead atoms. The topological polar surface area (TPSA) is 0 Å². The van der Waals surface area contributed by atoms with Crippen molar-refractivity contribution in [3.8, 4) is 0 Å². The predicted molar refractivity (Wildman–Crippen MR) is 5.75 cm³/mol. The second kappa shape index (κ2) is 20.3. The maximum atomic E-state index is 0. The van der Waals surface area contributed by atoms with Gasteiger partial charge in [-0.15, -0.1) is 0 Å². The van der Waals surface area contributed by atoms with Crippen LogP contribution in [-0.2, 0) is 55.2 Å². The van der Waals surface area contributed by atoms with Gasteiger partial charge in [0.1, 0.15) is 0 Å². The molecule has 6 radical (unpaired) electrons. The predicted octanol–water partition coefficient (Wildman–Crippen LogP) is -0.388. The largest absolute Gasteiger partial charge is 0 e. The minimum absolute atomic E-state index is 0. The minimum atomic E-state index is 0. The molecule has 0 saturated carbocycles. The van der Waals surface area contributed by atoms with E-state index in [0.29, 0.717) is 0 Å². The van der Waals surface area contributed by atoms with Gasteiger partial charge in [0.05, 0.1) is 0 Å². The third-order valence-electron chi connectivity index (χ3n) is 0. The van der Waals surface area contributed by atoms with E-state index >= 15 is 0 Å². The van der Waals surface area contributed by atoms with Crippen molar-refractivity contribution in [2.24, 2.45) is 0 Å². The van der Waals surface area contributed by atoms with E-state index < -0.39 is 0 Å². The molecule has 0 N–H and O–H groups in total. The standard InChI is InChI=1S/Cu.Mn.Mo.Si. The first-order valence-corrected chi connectivity index (χ1v) is 0. The van der Waals surface area contributed by atoms with Gasteiger partial charge < -0.3 is 0 Å². The van der Waals surface area contributed by atoms with Crippen LogP contribution in [0.2, 0.25) is 0 Å². The molecule has 0 aromatic heterocycles. The number of rotatable bonds is 0. The van der Waals surface area contributed by atoms with Gasteiger partial charge in [-0.3, -0.25) is 0 Å². The molecular formula is CuMnMoSi. The van der Waals surface area contributed by atoms with Crippen molar-refractivity contribution in [1.82, 2.24) is 0 Å².